The zero-order valence-corrected chi connectivity index (χ0v) is 16.7. The lowest BCUT2D eigenvalue weighted by Crippen LogP contribution is -2.37. The molecule has 1 aliphatic heterocycles. The summed E-state index contributed by atoms with van der Waals surface area (Å²) in [5, 5.41) is 17.8. The maximum absolute atomic E-state index is 11.9. The Bertz CT molecular complexity index is 871. The van der Waals surface area contributed by atoms with E-state index in [1.54, 1.807) is 18.5 Å². The summed E-state index contributed by atoms with van der Waals surface area (Å²) in [5.41, 5.74) is 7.05. The topological polar surface area (TPSA) is 136 Å². The summed E-state index contributed by atoms with van der Waals surface area (Å²) in [4.78, 5) is 29.2. The van der Waals surface area contributed by atoms with Gasteiger partial charge >= 0.3 is 0 Å². The fourth-order valence-electron chi connectivity index (χ4n) is 3.28. The van der Waals surface area contributed by atoms with Crippen LogP contribution in [0.25, 0.3) is 0 Å². The Morgan fingerprint density at radius 2 is 2.07 bits per heavy atom. The van der Waals surface area contributed by atoms with Crippen LogP contribution >= 0.6 is 0 Å². The van der Waals surface area contributed by atoms with Gasteiger partial charge in [-0.15, -0.1) is 0 Å². The molecule has 0 aliphatic carbocycles. The van der Waals surface area contributed by atoms with Gasteiger partial charge in [-0.3, -0.25) is 24.8 Å². The molecule has 0 atom stereocenters. The van der Waals surface area contributed by atoms with E-state index in [9.17, 15) is 14.9 Å². The third-order valence-electron chi connectivity index (χ3n) is 4.87. The van der Waals surface area contributed by atoms with Crippen molar-refractivity contribution in [2.24, 2.45) is 5.73 Å². The van der Waals surface area contributed by atoms with E-state index in [1.807, 2.05) is 12.1 Å². The quantitative estimate of drug-likeness (QED) is 0.304. The van der Waals surface area contributed by atoms with Crippen molar-refractivity contribution in [2.75, 3.05) is 50.0 Å². The van der Waals surface area contributed by atoms with Gasteiger partial charge in [0.15, 0.2) is 0 Å². The Kier molecular flexibility index (Phi) is 7.52. The molecule has 0 spiro atoms. The highest BCUT2D eigenvalue weighted by molar-refractivity contribution is 6.00. The number of carbonyl (C=O) groups excluding carboxylic acids is 1. The molecule has 30 heavy (non-hydrogen) atoms. The van der Waals surface area contributed by atoms with E-state index in [0.29, 0.717) is 24.5 Å². The SMILES string of the molecule is NC(=O)c1cc([N+](=O)[O-])c(NCCCN2CCOCC2)cc1NCc1cccnc1. The first-order chi connectivity index (χ1) is 14.5. The highest BCUT2D eigenvalue weighted by Crippen LogP contribution is 2.31. The van der Waals surface area contributed by atoms with Crippen LogP contribution in [-0.2, 0) is 11.3 Å². The number of benzene rings is 1. The van der Waals surface area contributed by atoms with Crippen molar-refractivity contribution in [3.05, 3.63) is 57.9 Å². The van der Waals surface area contributed by atoms with Crippen LogP contribution in [0.4, 0.5) is 17.1 Å². The molecule has 2 heterocycles. The number of aromatic nitrogens is 1. The number of ether oxygens (including phenoxy) is 1. The summed E-state index contributed by atoms with van der Waals surface area (Å²) in [5.74, 6) is -0.731. The van der Waals surface area contributed by atoms with Crippen molar-refractivity contribution < 1.29 is 14.5 Å². The Balaban J connectivity index is 1.71. The first-order valence-corrected chi connectivity index (χ1v) is 9.83. The summed E-state index contributed by atoms with van der Waals surface area (Å²) >= 11 is 0. The van der Waals surface area contributed by atoms with Crippen molar-refractivity contribution in [3.63, 3.8) is 0 Å². The van der Waals surface area contributed by atoms with Crippen LogP contribution in [0, 0.1) is 10.1 Å². The second-order valence-electron chi connectivity index (χ2n) is 6.99. The average molecular weight is 414 g/mol. The van der Waals surface area contributed by atoms with Gasteiger partial charge < -0.3 is 21.1 Å². The number of nitrogens with one attached hydrogen (secondary N) is 2. The number of anilines is 2. The van der Waals surface area contributed by atoms with E-state index in [0.717, 1.165) is 44.8 Å². The lowest BCUT2D eigenvalue weighted by Gasteiger charge is -2.26. The summed E-state index contributed by atoms with van der Waals surface area (Å²) in [7, 11) is 0. The first kappa shape index (κ1) is 21.5. The molecule has 0 saturated carbocycles. The normalized spacial score (nSPS) is 14.3. The maximum atomic E-state index is 11.9. The number of nitrogens with zero attached hydrogens (tertiary/aromatic N) is 3. The van der Waals surface area contributed by atoms with Crippen LogP contribution in [0.3, 0.4) is 0 Å². The standard InChI is InChI=1S/C20H26N6O4/c21-20(27)16-11-19(26(28)29)18(23-5-2-6-25-7-9-30-10-8-25)12-17(16)24-14-15-3-1-4-22-13-15/h1,3-4,11-13,23-24H,2,5-10,14H2,(H2,21,27). The van der Waals surface area contributed by atoms with E-state index in [-0.39, 0.29) is 11.3 Å². The molecular formula is C20H26N6O4. The molecule has 0 bridgehead atoms. The third-order valence-corrected chi connectivity index (χ3v) is 4.87. The fourth-order valence-corrected chi connectivity index (χ4v) is 3.28. The van der Waals surface area contributed by atoms with E-state index in [1.165, 1.54) is 6.07 Å². The van der Waals surface area contributed by atoms with E-state index in [4.69, 9.17) is 10.5 Å². The van der Waals surface area contributed by atoms with Crippen LogP contribution < -0.4 is 16.4 Å². The van der Waals surface area contributed by atoms with Crippen molar-refractivity contribution >= 4 is 23.0 Å². The minimum Gasteiger partial charge on any atom is -0.380 e. The van der Waals surface area contributed by atoms with Gasteiger partial charge in [0.2, 0.25) is 0 Å². The first-order valence-electron chi connectivity index (χ1n) is 9.83. The third kappa shape index (κ3) is 5.88. The molecule has 1 fully saturated rings. The Morgan fingerprint density at radius 3 is 2.73 bits per heavy atom. The van der Waals surface area contributed by atoms with Crippen molar-refractivity contribution in [2.45, 2.75) is 13.0 Å². The van der Waals surface area contributed by atoms with Gasteiger partial charge in [-0.05, 0) is 30.7 Å². The summed E-state index contributed by atoms with van der Waals surface area (Å²) in [6, 6.07) is 6.49. The fraction of sp³-hybridized carbons (Fsp3) is 0.400. The molecule has 10 heteroatoms. The predicted octanol–water partition coefficient (Wildman–Crippen LogP) is 1.83. The maximum Gasteiger partial charge on any atom is 0.293 e. The molecule has 1 aromatic heterocycles. The molecule has 1 amide bonds. The second-order valence-corrected chi connectivity index (χ2v) is 6.99. The zero-order valence-electron chi connectivity index (χ0n) is 16.7. The lowest BCUT2D eigenvalue weighted by molar-refractivity contribution is -0.384. The average Bonchev–Trinajstić information content (AvgIpc) is 2.76. The summed E-state index contributed by atoms with van der Waals surface area (Å²) < 4.78 is 5.34. The van der Waals surface area contributed by atoms with Gasteiger partial charge in [0.1, 0.15) is 5.69 Å². The number of carbonyl (C=O) groups is 1. The van der Waals surface area contributed by atoms with Gasteiger partial charge in [-0.25, -0.2) is 0 Å². The predicted molar refractivity (Wildman–Crippen MR) is 114 cm³/mol. The molecule has 1 saturated heterocycles. The Hall–Kier alpha value is -3.24. The molecule has 2 aromatic rings. The Morgan fingerprint density at radius 1 is 1.27 bits per heavy atom. The molecule has 160 valence electrons. The minimum atomic E-state index is -0.731. The van der Waals surface area contributed by atoms with Crippen LogP contribution in [0.1, 0.15) is 22.3 Å². The number of pyridine rings is 1. The van der Waals surface area contributed by atoms with Gasteiger partial charge in [0.25, 0.3) is 11.6 Å². The number of nitro groups is 1. The molecule has 1 aliphatic rings. The lowest BCUT2D eigenvalue weighted by atomic mass is 10.1. The van der Waals surface area contributed by atoms with Gasteiger partial charge in [-0.1, -0.05) is 6.07 Å². The molecule has 3 rings (SSSR count). The number of amides is 1. The number of primary amides is 1. The largest absolute Gasteiger partial charge is 0.380 e. The van der Waals surface area contributed by atoms with Crippen molar-refractivity contribution in [3.8, 4) is 0 Å². The Labute approximate surface area is 174 Å². The smallest absolute Gasteiger partial charge is 0.293 e. The number of hydrogen-bond donors (Lipinski definition) is 3. The van der Waals surface area contributed by atoms with Crippen molar-refractivity contribution in [1.82, 2.24) is 9.88 Å². The second kappa shape index (κ2) is 10.5. The highest BCUT2D eigenvalue weighted by atomic mass is 16.6. The van der Waals surface area contributed by atoms with Crippen molar-refractivity contribution in [1.29, 1.82) is 0 Å². The van der Waals surface area contributed by atoms with Gasteiger partial charge in [-0.2, -0.15) is 0 Å². The number of nitrogens with two attached hydrogens (primary N) is 1. The van der Waals surface area contributed by atoms with Crippen LogP contribution in [-0.4, -0.2) is 60.1 Å². The number of nitro benzene ring substituents is 1. The number of rotatable bonds is 10. The summed E-state index contributed by atoms with van der Waals surface area (Å²) in [6.45, 7) is 5.12. The molecule has 4 N–H and O–H groups in total. The minimum absolute atomic E-state index is 0.0736. The number of morpholine rings is 1. The van der Waals surface area contributed by atoms with Crippen LogP contribution in [0.2, 0.25) is 0 Å². The van der Waals surface area contributed by atoms with Crippen LogP contribution in [0.15, 0.2) is 36.7 Å². The number of hydrogen-bond acceptors (Lipinski definition) is 8. The zero-order chi connectivity index (χ0) is 21.3. The molecule has 1 aromatic carbocycles. The summed E-state index contributed by atoms with van der Waals surface area (Å²) in [6.07, 6.45) is 4.20. The van der Waals surface area contributed by atoms with Crippen LogP contribution in [0.5, 0.6) is 0 Å². The molecule has 0 radical (unpaired) electrons. The monoisotopic (exact) mass is 414 g/mol. The molecular weight excluding hydrogens is 388 g/mol. The van der Waals surface area contributed by atoms with E-state index < -0.39 is 10.8 Å². The van der Waals surface area contributed by atoms with E-state index >= 15 is 0 Å². The molecule has 10 nitrogen and oxygen atoms in total. The van der Waals surface area contributed by atoms with Gasteiger partial charge in [0, 0.05) is 50.3 Å². The van der Waals surface area contributed by atoms with Gasteiger partial charge in [0.05, 0.1) is 23.7 Å². The molecule has 0 unspecified atom stereocenters. The highest BCUT2D eigenvalue weighted by Gasteiger charge is 2.21. The van der Waals surface area contributed by atoms with E-state index in [2.05, 4.69) is 20.5 Å².